The molecule has 0 radical (unpaired) electrons. The first-order valence-corrected chi connectivity index (χ1v) is 10.3. The van der Waals surface area contributed by atoms with E-state index in [1.165, 1.54) is 26.3 Å². The normalized spacial score (nSPS) is 20.0. The summed E-state index contributed by atoms with van der Waals surface area (Å²) in [6.45, 7) is 1.68. The summed E-state index contributed by atoms with van der Waals surface area (Å²) in [5.74, 6) is -0.644. The van der Waals surface area contributed by atoms with Crippen LogP contribution >= 0.6 is 0 Å². The Balaban J connectivity index is 2.01. The van der Waals surface area contributed by atoms with Gasteiger partial charge in [0.05, 0.1) is 12.7 Å². The van der Waals surface area contributed by atoms with Crippen LogP contribution < -0.4 is 14.8 Å². The summed E-state index contributed by atoms with van der Waals surface area (Å²) in [5.41, 5.74) is 0.0171. The highest BCUT2D eigenvalue weighted by Crippen LogP contribution is 2.25. The zero-order valence-corrected chi connectivity index (χ0v) is 16.6. The standard InChI is InChI=1S/C18H26N2O6S/c1-12-6-4-5-7-14(12)20-17(21)11-26-18(22)13-8-9-15(25-3)16(10-13)27(23,24)19-2/h8-10,12,14,19H,4-7,11H2,1-3H3,(H,20,21)/t12-,14-/m0/s1. The Morgan fingerprint density at radius 3 is 2.56 bits per heavy atom. The van der Waals surface area contributed by atoms with Crippen molar-refractivity contribution in [3.05, 3.63) is 23.8 Å². The van der Waals surface area contributed by atoms with Gasteiger partial charge in [-0.3, -0.25) is 4.79 Å². The summed E-state index contributed by atoms with van der Waals surface area (Å²) >= 11 is 0. The van der Waals surface area contributed by atoms with E-state index in [0.717, 1.165) is 31.7 Å². The highest BCUT2D eigenvalue weighted by Gasteiger charge is 2.24. The summed E-state index contributed by atoms with van der Waals surface area (Å²) in [6.07, 6.45) is 4.23. The fraction of sp³-hybridized carbons (Fsp3) is 0.556. The van der Waals surface area contributed by atoms with Crippen LogP contribution in [0.25, 0.3) is 0 Å². The van der Waals surface area contributed by atoms with Crippen LogP contribution in [0.5, 0.6) is 5.75 Å². The number of ether oxygens (including phenoxy) is 2. The van der Waals surface area contributed by atoms with Crippen molar-refractivity contribution < 1.29 is 27.5 Å². The molecule has 1 aliphatic carbocycles. The van der Waals surface area contributed by atoms with Gasteiger partial charge in [-0.1, -0.05) is 19.8 Å². The lowest BCUT2D eigenvalue weighted by Crippen LogP contribution is -2.42. The number of carbonyl (C=O) groups is 2. The molecule has 0 aliphatic heterocycles. The first kappa shape index (κ1) is 21.2. The van der Waals surface area contributed by atoms with Gasteiger partial charge in [0, 0.05) is 6.04 Å². The monoisotopic (exact) mass is 398 g/mol. The van der Waals surface area contributed by atoms with Crippen LogP contribution in [0.1, 0.15) is 43.0 Å². The fourth-order valence-electron chi connectivity index (χ4n) is 3.12. The number of esters is 1. The molecule has 2 N–H and O–H groups in total. The number of amides is 1. The van der Waals surface area contributed by atoms with E-state index in [4.69, 9.17) is 9.47 Å². The van der Waals surface area contributed by atoms with Gasteiger partial charge in [0.2, 0.25) is 10.0 Å². The summed E-state index contributed by atoms with van der Waals surface area (Å²) in [5, 5.41) is 2.90. The molecule has 27 heavy (non-hydrogen) atoms. The Bertz CT molecular complexity index is 793. The van der Waals surface area contributed by atoms with Gasteiger partial charge >= 0.3 is 5.97 Å². The summed E-state index contributed by atoms with van der Waals surface area (Å²) in [7, 11) is -1.22. The van der Waals surface area contributed by atoms with Crippen molar-refractivity contribution in [3.63, 3.8) is 0 Å². The second-order valence-electron chi connectivity index (χ2n) is 6.59. The lowest BCUT2D eigenvalue weighted by Gasteiger charge is -2.29. The fourth-order valence-corrected chi connectivity index (χ4v) is 4.04. The number of methoxy groups -OCH3 is 1. The van der Waals surface area contributed by atoms with Crippen molar-refractivity contribution in [2.75, 3.05) is 20.8 Å². The third-order valence-corrected chi connectivity index (χ3v) is 6.19. The average molecular weight is 398 g/mol. The molecule has 2 rings (SSSR count). The zero-order valence-electron chi connectivity index (χ0n) is 15.8. The van der Waals surface area contributed by atoms with Gasteiger partial charge in [-0.15, -0.1) is 0 Å². The molecular weight excluding hydrogens is 372 g/mol. The van der Waals surface area contributed by atoms with Gasteiger partial charge in [-0.05, 0) is 44.0 Å². The van der Waals surface area contributed by atoms with E-state index in [0.29, 0.717) is 5.92 Å². The molecule has 1 aromatic rings. The minimum Gasteiger partial charge on any atom is -0.495 e. The van der Waals surface area contributed by atoms with Crippen LogP contribution in [0, 0.1) is 5.92 Å². The molecule has 9 heteroatoms. The summed E-state index contributed by atoms with van der Waals surface area (Å²) < 4.78 is 36.4. The maximum atomic E-state index is 12.2. The SMILES string of the molecule is CNS(=O)(=O)c1cc(C(=O)OCC(=O)N[C@H]2CCCC[C@@H]2C)ccc1OC. The predicted molar refractivity (Wildman–Crippen MR) is 99.1 cm³/mol. The molecule has 1 fully saturated rings. The molecule has 1 aromatic carbocycles. The van der Waals surface area contributed by atoms with Crippen molar-refractivity contribution >= 4 is 21.9 Å². The molecular formula is C18H26N2O6S. The smallest absolute Gasteiger partial charge is 0.338 e. The highest BCUT2D eigenvalue weighted by atomic mass is 32.2. The summed E-state index contributed by atoms with van der Waals surface area (Å²) in [4.78, 5) is 24.1. The molecule has 0 aromatic heterocycles. The molecule has 0 heterocycles. The van der Waals surface area contributed by atoms with Gasteiger partial charge < -0.3 is 14.8 Å². The molecule has 1 saturated carbocycles. The number of nitrogens with one attached hydrogen (secondary N) is 2. The highest BCUT2D eigenvalue weighted by molar-refractivity contribution is 7.89. The Morgan fingerprint density at radius 1 is 1.22 bits per heavy atom. The third kappa shape index (κ3) is 5.43. The zero-order chi connectivity index (χ0) is 20.0. The maximum absolute atomic E-state index is 12.2. The first-order valence-electron chi connectivity index (χ1n) is 8.86. The molecule has 0 unspecified atom stereocenters. The van der Waals surface area contributed by atoms with E-state index in [1.807, 2.05) is 0 Å². The van der Waals surface area contributed by atoms with E-state index in [1.54, 1.807) is 0 Å². The molecule has 1 aliphatic rings. The van der Waals surface area contributed by atoms with Crippen LogP contribution in [0.2, 0.25) is 0 Å². The average Bonchev–Trinajstić information content (AvgIpc) is 2.67. The molecule has 1 amide bonds. The third-order valence-electron chi connectivity index (χ3n) is 4.75. The number of hydrogen-bond acceptors (Lipinski definition) is 6. The van der Waals surface area contributed by atoms with Crippen LogP contribution in [-0.2, 0) is 19.6 Å². The van der Waals surface area contributed by atoms with Crippen molar-refractivity contribution in [2.45, 2.75) is 43.5 Å². The quantitative estimate of drug-likeness (QED) is 0.673. The minimum atomic E-state index is -3.82. The van der Waals surface area contributed by atoms with Crippen molar-refractivity contribution in [2.24, 2.45) is 5.92 Å². The van der Waals surface area contributed by atoms with Crippen LogP contribution in [-0.4, -0.2) is 47.1 Å². The van der Waals surface area contributed by atoms with Gasteiger partial charge in [0.15, 0.2) is 6.61 Å². The van der Waals surface area contributed by atoms with E-state index in [-0.39, 0.29) is 28.2 Å². The number of sulfonamides is 1. The number of benzene rings is 1. The molecule has 150 valence electrons. The van der Waals surface area contributed by atoms with E-state index >= 15 is 0 Å². The Kier molecular flexibility index (Phi) is 7.20. The van der Waals surface area contributed by atoms with Crippen molar-refractivity contribution in [3.8, 4) is 5.75 Å². The second kappa shape index (κ2) is 9.18. The Hall–Kier alpha value is -2.13. The number of rotatable bonds is 7. The summed E-state index contributed by atoms with van der Waals surface area (Å²) in [6, 6.07) is 4.01. The maximum Gasteiger partial charge on any atom is 0.338 e. The van der Waals surface area contributed by atoms with Gasteiger partial charge in [0.25, 0.3) is 5.91 Å². The molecule has 2 atom stereocenters. The number of hydrogen-bond donors (Lipinski definition) is 2. The minimum absolute atomic E-state index is 0.0171. The van der Waals surface area contributed by atoms with Gasteiger partial charge in [-0.25, -0.2) is 17.9 Å². The second-order valence-corrected chi connectivity index (χ2v) is 8.44. The molecule has 0 saturated heterocycles. The van der Waals surface area contributed by atoms with Crippen LogP contribution in [0.15, 0.2) is 23.1 Å². The van der Waals surface area contributed by atoms with Gasteiger partial charge in [0.1, 0.15) is 10.6 Å². The van der Waals surface area contributed by atoms with Crippen molar-refractivity contribution in [1.82, 2.24) is 10.0 Å². The van der Waals surface area contributed by atoms with E-state index in [2.05, 4.69) is 17.0 Å². The lowest BCUT2D eigenvalue weighted by molar-refractivity contribution is -0.125. The Morgan fingerprint density at radius 2 is 1.93 bits per heavy atom. The lowest BCUT2D eigenvalue weighted by atomic mass is 9.86. The van der Waals surface area contributed by atoms with Crippen LogP contribution in [0.4, 0.5) is 0 Å². The molecule has 0 bridgehead atoms. The number of carbonyl (C=O) groups excluding carboxylic acids is 2. The largest absolute Gasteiger partial charge is 0.495 e. The van der Waals surface area contributed by atoms with Crippen LogP contribution in [0.3, 0.4) is 0 Å². The first-order chi connectivity index (χ1) is 12.8. The molecule has 8 nitrogen and oxygen atoms in total. The van der Waals surface area contributed by atoms with Gasteiger partial charge in [-0.2, -0.15) is 0 Å². The topological polar surface area (TPSA) is 111 Å². The Labute approximate surface area is 159 Å². The van der Waals surface area contributed by atoms with E-state index in [9.17, 15) is 18.0 Å². The predicted octanol–water partition coefficient (Wildman–Crippen LogP) is 1.45. The van der Waals surface area contributed by atoms with Crippen molar-refractivity contribution in [1.29, 1.82) is 0 Å². The molecule has 0 spiro atoms. The van der Waals surface area contributed by atoms with E-state index < -0.39 is 22.6 Å².